The highest BCUT2D eigenvalue weighted by molar-refractivity contribution is 5.97. The van der Waals surface area contributed by atoms with E-state index >= 15 is 0 Å². The van der Waals surface area contributed by atoms with E-state index in [9.17, 15) is 14.0 Å². The summed E-state index contributed by atoms with van der Waals surface area (Å²) in [7, 11) is 0. The Morgan fingerprint density at radius 3 is 2.48 bits per heavy atom. The van der Waals surface area contributed by atoms with E-state index in [0.29, 0.717) is 12.1 Å². The van der Waals surface area contributed by atoms with Gasteiger partial charge in [-0.15, -0.1) is 0 Å². The van der Waals surface area contributed by atoms with Crippen LogP contribution in [0.25, 0.3) is 5.69 Å². The predicted octanol–water partition coefficient (Wildman–Crippen LogP) is 3.29. The Balaban J connectivity index is 1.50. The van der Waals surface area contributed by atoms with Crippen LogP contribution >= 0.6 is 0 Å². The van der Waals surface area contributed by atoms with Crippen molar-refractivity contribution in [3.63, 3.8) is 0 Å². The maximum Gasteiger partial charge on any atom is 0.254 e. The summed E-state index contributed by atoms with van der Waals surface area (Å²) in [6.07, 6.45) is 3.15. The number of hydrogen-bond donors (Lipinski definition) is 0. The molecule has 0 saturated carbocycles. The lowest BCUT2D eigenvalue weighted by atomic mass is 10.1. The van der Waals surface area contributed by atoms with Crippen molar-refractivity contribution in [2.24, 2.45) is 0 Å². The summed E-state index contributed by atoms with van der Waals surface area (Å²) in [5.41, 5.74) is 2.17. The van der Waals surface area contributed by atoms with Crippen LogP contribution in [0.1, 0.15) is 29.8 Å². The molecular weight excluding hydrogens is 423 g/mol. The second kappa shape index (κ2) is 9.95. The third-order valence-corrected chi connectivity index (χ3v) is 5.66. The maximum absolute atomic E-state index is 13.3. The van der Waals surface area contributed by atoms with E-state index in [0.717, 1.165) is 11.3 Å². The Labute approximate surface area is 192 Å². The third kappa shape index (κ3) is 5.46. The first kappa shape index (κ1) is 22.7. The van der Waals surface area contributed by atoms with Gasteiger partial charge in [0, 0.05) is 37.1 Å². The Bertz CT molecular complexity index is 1080. The minimum absolute atomic E-state index is 0.00563. The zero-order valence-electron chi connectivity index (χ0n) is 18.7. The normalized spacial score (nSPS) is 16.8. The summed E-state index contributed by atoms with van der Waals surface area (Å²) in [5.74, 6) is -0.643. The predicted molar refractivity (Wildman–Crippen MR) is 121 cm³/mol. The number of aromatic nitrogens is 2. The summed E-state index contributed by atoms with van der Waals surface area (Å²) >= 11 is 0. The van der Waals surface area contributed by atoms with E-state index in [2.05, 4.69) is 5.10 Å². The SMILES string of the molecule is CC(C)N1C[C@H](OCc2ccc(F)cc2)CN(C(=O)c2ccc(-n3cccn3)cc2)CC1=O. The largest absolute Gasteiger partial charge is 0.370 e. The minimum atomic E-state index is -0.365. The number of carbonyl (C=O) groups excluding carboxylic acids is 2. The monoisotopic (exact) mass is 450 g/mol. The van der Waals surface area contributed by atoms with Crippen LogP contribution in [0.15, 0.2) is 67.0 Å². The van der Waals surface area contributed by atoms with Crippen LogP contribution in [-0.4, -0.2) is 63.2 Å². The topological polar surface area (TPSA) is 67.7 Å². The average molecular weight is 451 g/mol. The van der Waals surface area contributed by atoms with E-state index in [4.69, 9.17) is 4.74 Å². The Morgan fingerprint density at radius 2 is 1.85 bits per heavy atom. The van der Waals surface area contributed by atoms with Gasteiger partial charge in [0.05, 0.1) is 18.4 Å². The van der Waals surface area contributed by atoms with E-state index in [1.165, 1.54) is 12.1 Å². The van der Waals surface area contributed by atoms with Crippen LogP contribution in [0.2, 0.25) is 0 Å². The zero-order chi connectivity index (χ0) is 23.4. The molecule has 7 nitrogen and oxygen atoms in total. The van der Waals surface area contributed by atoms with Gasteiger partial charge in [-0.25, -0.2) is 9.07 Å². The number of carbonyl (C=O) groups is 2. The highest BCUT2D eigenvalue weighted by atomic mass is 19.1. The van der Waals surface area contributed by atoms with Crippen molar-refractivity contribution in [3.05, 3.63) is 83.9 Å². The van der Waals surface area contributed by atoms with Gasteiger partial charge in [0.25, 0.3) is 5.91 Å². The highest BCUT2D eigenvalue weighted by Gasteiger charge is 2.32. The first-order valence-corrected chi connectivity index (χ1v) is 11.0. The molecule has 1 aliphatic rings. The van der Waals surface area contributed by atoms with Crippen molar-refractivity contribution in [1.82, 2.24) is 19.6 Å². The Morgan fingerprint density at radius 1 is 1.12 bits per heavy atom. The fourth-order valence-electron chi connectivity index (χ4n) is 3.86. The Kier molecular flexibility index (Phi) is 6.84. The van der Waals surface area contributed by atoms with Gasteiger partial charge in [-0.1, -0.05) is 12.1 Å². The summed E-state index contributed by atoms with van der Waals surface area (Å²) < 4.78 is 21.0. The average Bonchev–Trinajstić information content (AvgIpc) is 3.29. The molecule has 2 heterocycles. The maximum atomic E-state index is 13.3. The highest BCUT2D eigenvalue weighted by Crippen LogP contribution is 2.17. The molecule has 0 spiro atoms. The molecule has 1 saturated heterocycles. The van der Waals surface area contributed by atoms with Gasteiger partial charge < -0.3 is 14.5 Å². The van der Waals surface area contributed by atoms with Gasteiger partial charge in [-0.2, -0.15) is 5.10 Å². The molecule has 172 valence electrons. The van der Waals surface area contributed by atoms with Crippen LogP contribution in [0.5, 0.6) is 0 Å². The van der Waals surface area contributed by atoms with Crippen molar-refractivity contribution in [2.45, 2.75) is 32.6 Å². The second-order valence-electron chi connectivity index (χ2n) is 8.38. The fraction of sp³-hybridized carbons (Fsp3) is 0.320. The number of rotatable bonds is 6. The molecule has 2 aromatic carbocycles. The number of hydrogen-bond acceptors (Lipinski definition) is 4. The lowest BCUT2D eigenvalue weighted by molar-refractivity contribution is -0.133. The number of ether oxygens (including phenoxy) is 1. The standard InChI is InChI=1S/C25H27FN4O3/c1-18(2)29-15-23(33-17-19-4-8-21(26)9-5-19)14-28(16-24(29)31)25(32)20-6-10-22(11-7-20)30-13-3-12-27-30/h3-13,18,23H,14-17H2,1-2H3/t23-/m1/s1. The number of amides is 2. The molecule has 0 radical (unpaired) electrons. The van der Waals surface area contributed by atoms with Gasteiger partial charge >= 0.3 is 0 Å². The molecule has 8 heteroatoms. The van der Waals surface area contributed by atoms with Gasteiger partial charge in [-0.05, 0) is 61.9 Å². The van der Waals surface area contributed by atoms with Crippen LogP contribution in [0, 0.1) is 5.82 Å². The van der Waals surface area contributed by atoms with Crippen molar-refractivity contribution in [2.75, 3.05) is 19.6 Å². The molecule has 0 unspecified atom stereocenters. The summed E-state index contributed by atoms with van der Waals surface area (Å²) in [4.78, 5) is 29.4. The van der Waals surface area contributed by atoms with Crippen molar-refractivity contribution < 1.29 is 18.7 Å². The third-order valence-electron chi connectivity index (χ3n) is 5.66. The van der Waals surface area contributed by atoms with Crippen LogP contribution < -0.4 is 0 Å². The summed E-state index contributed by atoms with van der Waals surface area (Å²) in [5, 5.41) is 4.19. The van der Waals surface area contributed by atoms with E-state index in [1.807, 2.05) is 38.2 Å². The number of benzene rings is 2. The zero-order valence-corrected chi connectivity index (χ0v) is 18.7. The fourth-order valence-corrected chi connectivity index (χ4v) is 3.86. The van der Waals surface area contributed by atoms with E-state index in [1.54, 1.807) is 44.9 Å². The molecule has 4 rings (SSSR count). The van der Waals surface area contributed by atoms with Crippen LogP contribution in [0.3, 0.4) is 0 Å². The molecule has 1 aromatic heterocycles. The molecule has 2 amide bonds. The summed E-state index contributed by atoms with van der Waals surface area (Å²) in [6.45, 7) is 4.83. The van der Waals surface area contributed by atoms with Gasteiger partial charge in [0.15, 0.2) is 0 Å². The molecule has 1 atom stereocenters. The first-order valence-electron chi connectivity index (χ1n) is 11.0. The Hall–Kier alpha value is -3.52. The van der Waals surface area contributed by atoms with Crippen LogP contribution in [-0.2, 0) is 16.1 Å². The second-order valence-corrected chi connectivity index (χ2v) is 8.38. The molecule has 0 bridgehead atoms. The van der Waals surface area contributed by atoms with Crippen molar-refractivity contribution in [1.29, 1.82) is 0 Å². The lowest BCUT2D eigenvalue weighted by Gasteiger charge is -2.27. The minimum Gasteiger partial charge on any atom is -0.370 e. The van der Waals surface area contributed by atoms with Crippen molar-refractivity contribution in [3.8, 4) is 5.69 Å². The van der Waals surface area contributed by atoms with E-state index in [-0.39, 0.29) is 49.5 Å². The number of halogens is 1. The molecular formula is C25H27FN4O3. The molecule has 1 fully saturated rings. The summed E-state index contributed by atoms with van der Waals surface area (Å²) in [6, 6.07) is 15.0. The molecule has 1 aliphatic heterocycles. The van der Waals surface area contributed by atoms with Gasteiger partial charge in [0.2, 0.25) is 5.91 Å². The van der Waals surface area contributed by atoms with Gasteiger partial charge in [0.1, 0.15) is 12.4 Å². The van der Waals surface area contributed by atoms with E-state index < -0.39 is 0 Å². The number of nitrogens with zero attached hydrogens (tertiary/aromatic N) is 4. The van der Waals surface area contributed by atoms with Gasteiger partial charge in [-0.3, -0.25) is 9.59 Å². The van der Waals surface area contributed by atoms with Crippen LogP contribution in [0.4, 0.5) is 4.39 Å². The smallest absolute Gasteiger partial charge is 0.254 e. The lowest BCUT2D eigenvalue weighted by Crippen LogP contribution is -2.42. The molecule has 3 aromatic rings. The molecule has 0 N–H and O–H groups in total. The van der Waals surface area contributed by atoms with Crippen molar-refractivity contribution >= 4 is 11.8 Å². The first-order chi connectivity index (χ1) is 15.9. The molecule has 33 heavy (non-hydrogen) atoms. The molecule has 0 aliphatic carbocycles. The quantitative estimate of drug-likeness (QED) is 0.578.